The van der Waals surface area contributed by atoms with E-state index in [1.807, 2.05) is 0 Å². The molecule has 4 nitrogen and oxygen atoms in total. The van der Waals surface area contributed by atoms with Crippen molar-refractivity contribution in [1.82, 2.24) is 14.7 Å². The first-order valence-corrected chi connectivity index (χ1v) is 7.12. The first kappa shape index (κ1) is 15.4. The van der Waals surface area contributed by atoms with Crippen LogP contribution in [0.25, 0.3) is 0 Å². The van der Waals surface area contributed by atoms with Gasteiger partial charge in [0.15, 0.2) is 0 Å². The van der Waals surface area contributed by atoms with E-state index in [4.69, 9.17) is 5.26 Å². The number of hydrogen-bond donors (Lipinski definition) is 0. The van der Waals surface area contributed by atoms with E-state index in [-0.39, 0.29) is 0 Å². The van der Waals surface area contributed by atoms with Gasteiger partial charge in [-0.2, -0.15) is 5.26 Å². The first-order chi connectivity index (χ1) is 8.54. The topological polar surface area (TPSA) is 33.5 Å². The molecule has 1 rings (SSSR count). The van der Waals surface area contributed by atoms with Gasteiger partial charge in [0, 0.05) is 51.4 Å². The van der Waals surface area contributed by atoms with Gasteiger partial charge in [0.05, 0.1) is 12.6 Å². The fourth-order valence-electron chi connectivity index (χ4n) is 2.42. The monoisotopic (exact) mass is 252 g/mol. The van der Waals surface area contributed by atoms with Crippen LogP contribution >= 0.6 is 0 Å². The second-order valence-electron chi connectivity index (χ2n) is 5.69. The lowest BCUT2D eigenvalue weighted by Gasteiger charge is -2.30. The fraction of sp³-hybridized carbons (Fsp3) is 0.929. The van der Waals surface area contributed by atoms with Crippen LogP contribution in [0.4, 0.5) is 0 Å². The molecule has 1 fully saturated rings. The highest BCUT2D eigenvalue weighted by Crippen LogP contribution is 2.06. The Labute approximate surface area is 112 Å². The highest BCUT2D eigenvalue weighted by molar-refractivity contribution is 4.80. The molecule has 0 radical (unpaired) electrons. The molecule has 0 amide bonds. The second-order valence-corrected chi connectivity index (χ2v) is 5.69. The van der Waals surface area contributed by atoms with Crippen LogP contribution in [-0.2, 0) is 0 Å². The molecule has 1 saturated heterocycles. The van der Waals surface area contributed by atoms with E-state index >= 15 is 0 Å². The molecule has 0 atom stereocenters. The van der Waals surface area contributed by atoms with Gasteiger partial charge in [-0.3, -0.25) is 14.7 Å². The molecular formula is C14H28N4. The van der Waals surface area contributed by atoms with E-state index in [1.54, 1.807) is 0 Å². The minimum Gasteiger partial charge on any atom is -0.298 e. The highest BCUT2D eigenvalue weighted by atomic mass is 15.3. The van der Waals surface area contributed by atoms with Crippen molar-refractivity contribution in [3.63, 3.8) is 0 Å². The summed E-state index contributed by atoms with van der Waals surface area (Å²) in [6, 6.07) is 3.45. The minimum absolute atomic E-state index is 0.553. The summed E-state index contributed by atoms with van der Waals surface area (Å²) in [4.78, 5) is 7.31. The highest BCUT2D eigenvalue weighted by Gasteiger charge is 2.18. The van der Waals surface area contributed by atoms with Crippen LogP contribution in [-0.4, -0.2) is 72.6 Å². The fourth-order valence-corrected chi connectivity index (χ4v) is 2.42. The zero-order chi connectivity index (χ0) is 13.5. The Morgan fingerprint density at radius 3 is 1.56 bits per heavy atom. The third-order valence-electron chi connectivity index (χ3n) is 3.84. The van der Waals surface area contributed by atoms with Crippen molar-refractivity contribution >= 4 is 0 Å². The molecule has 0 bridgehead atoms. The predicted molar refractivity (Wildman–Crippen MR) is 75.5 cm³/mol. The van der Waals surface area contributed by atoms with Crippen molar-refractivity contribution in [1.29, 1.82) is 5.26 Å². The van der Waals surface area contributed by atoms with Gasteiger partial charge in [-0.05, 0) is 27.7 Å². The van der Waals surface area contributed by atoms with Crippen molar-refractivity contribution in [2.45, 2.75) is 39.8 Å². The quantitative estimate of drug-likeness (QED) is 0.708. The van der Waals surface area contributed by atoms with E-state index in [2.05, 4.69) is 48.5 Å². The van der Waals surface area contributed by atoms with Gasteiger partial charge in [0.2, 0.25) is 0 Å². The standard InChI is InChI=1S/C14H28N4/c1-13(2)17-9-7-16(6-5-15)8-10-18(12-11-17)14(3)4/h13-14H,6-12H2,1-4H3. The molecule has 104 valence electrons. The average Bonchev–Trinajstić information content (AvgIpc) is 2.40. The Balaban J connectivity index is 2.65. The summed E-state index contributed by atoms with van der Waals surface area (Å²) < 4.78 is 0. The zero-order valence-electron chi connectivity index (χ0n) is 12.4. The zero-order valence-corrected chi connectivity index (χ0v) is 12.4. The van der Waals surface area contributed by atoms with Crippen molar-refractivity contribution in [2.24, 2.45) is 0 Å². The van der Waals surface area contributed by atoms with Crippen molar-refractivity contribution < 1.29 is 0 Å². The van der Waals surface area contributed by atoms with Crippen LogP contribution in [0.3, 0.4) is 0 Å². The van der Waals surface area contributed by atoms with E-state index in [0.717, 1.165) is 39.3 Å². The van der Waals surface area contributed by atoms with Crippen LogP contribution in [0, 0.1) is 11.3 Å². The Kier molecular flexibility index (Phi) is 6.62. The molecule has 1 heterocycles. The summed E-state index contributed by atoms with van der Waals surface area (Å²) in [5, 5.41) is 8.88. The van der Waals surface area contributed by atoms with E-state index < -0.39 is 0 Å². The third kappa shape index (κ3) is 4.93. The molecule has 4 heteroatoms. The molecule has 0 unspecified atom stereocenters. The molecule has 18 heavy (non-hydrogen) atoms. The Bertz CT molecular complexity index is 249. The maximum Gasteiger partial charge on any atom is 0.0866 e. The lowest BCUT2D eigenvalue weighted by Crippen LogP contribution is -2.41. The van der Waals surface area contributed by atoms with Gasteiger partial charge in [0.1, 0.15) is 0 Å². The first-order valence-electron chi connectivity index (χ1n) is 7.12. The number of nitriles is 1. The smallest absolute Gasteiger partial charge is 0.0866 e. The number of hydrogen-bond acceptors (Lipinski definition) is 4. The summed E-state index contributed by atoms with van der Waals surface area (Å²) in [7, 11) is 0. The van der Waals surface area contributed by atoms with E-state index in [1.165, 1.54) is 0 Å². The summed E-state index contributed by atoms with van der Waals surface area (Å²) in [5.74, 6) is 0. The lowest BCUT2D eigenvalue weighted by molar-refractivity contribution is 0.169. The molecular weight excluding hydrogens is 224 g/mol. The summed E-state index contributed by atoms with van der Waals surface area (Å²) in [6.45, 7) is 16.0. The van der Waals surface area contributed by atoms with Gasteiger partial charge in [0.25, 0.3) is 0 Å². The Morgan fingerprint density at radius 1 is 0.833 bits per heavy atom. The number of nitrogens with zero attached hydrogens (tertiary/aromatic N) is 4. The number of rotatable bonds is 3. The van der Waals surface area contributed by atoms with Crippen molar-refractivity contribution in [3.05, 3.63) is 0 Å². The lowest BCUT2D eigenvalue weighted by atomic mass is 10.3. The molecule has 0 aliphatic carbocycles. The van der Waals surface area contributed by atoms with E-state index in [0.29, 0.717) is 18.6 Å². The SMILES string of the molecule is CC(C)N1CCN(CC#N)CCN(C(C)C)CC1. The van der Waals surface area contributed by atoms with Crippen LogP contribution in [0.15, 0.2) is 0 Å². The maximum atomic E-state index is 8.88. The summed E-state index contributed by atoms with van der Waals surface area (Å²) in [6.07, 6.45) is 0. The largest absolute Gasteiger partial charge is 0.298 e. The molecule has 1 aliphatic heterocycles. The van der Waals surface area contributed by atoms with Gasteiger partial charge >= 0.3 is 0 Å². The van der Waals surface area contributed by atoms with Crippen LogP contribution in [0.5, 0.6) is 0 Å². The van der Waals surface area contributed by atoms with Gasteiger partial charge in [-0.15, -0.1) is 0 Å². The molecule has 1 aliphatic rings. The molecule has 0 aromatic heterocycles. The second kappa shape index (κ2) is 7.73. The predicted octanol–water partition coefficient (Wildman–Crippen LogP) is 1.25. The normalized spacial score (nSPS) is 21.6. The average molecular weight is 252 g/mol. The maximum absolute atomic E-state index is 8.88. The van der Waals surface area contributed by atoms with Crippen LogP contribution in [0.2, 0.25) is 0 Å². The Hall–Kier alpha value is -0.630. The minimum atomic E-state index is 0.553. The van der Waals surface area contributed by atoms with Crippen LogP contribution in [0.1, 0.15) is 27.7 Å². The molecule has 0 aromatic carbocycles. The summed E-state index contributed by atoms with van der Waals surface area (Å²) in [5.41, 5.74) is 0. The van der Waals surface area contributed by atoms with Gasteiger partial charge in [-0.1, -0.05) is 0 Å². The third-order valence-corrected chi connectivity index (χ3v) is 3.84. The summed E-state index contributed by atoms with van der Waals surface area (Å²) >= 11 is 0. The van der Waals surface area contributed by atoms with Crippen molar-refractivity contribution in [3.8, 4) is 6.07 Å². The molecule has 0 spiro atoms. The van der Waals surface area contributed by atoms with Crippen LogP contribution < -0.4 is 0 Å². The van der Waals surface area contributed by atoms with Crippen molar-refractivity contribution in [2.75, 3.05) is 45.8 Å². The Morgan fingerprint density at radius 2 is 1.22 bits per heavy atom. The molecule has 0 N–H and O–H groups in total. The van der Waals surface area contributed by atoms with Gasteiger partial charge in [-0.25, -0.2) is 0 Å². The molecule has 0 saturated carbocycles. The van der Waals surface area contributed by atoms with E-state index in [9.17, 15) is 0 Å². The van der Waals surface area contributed by atoms with Gasteiger partial charge < -0.3 is 0 Å². The molecule has 0 aromatic rings.